The molecule has 0 aliphatic carbocycles. The van der Waals surface area contributed by atoms with Crippen LogP contribution in [0.25, 0.3) is 0 Å². The zero-order chi connectivity index (χ0) is 14.7. The van der Waals surface area contributed by atoms with Crippen LogP contribution in [0.1, 0.15) is 54.9 Å². The molecule has 1 saturated heterocycles. The van der Waals surface area contributed by atoms with Crippen molar-refractivity contribution in [1.82, 2.24) is 4.90 Å². The fourth-order valence-electron chi connectivity index (χ4n) is 3.36. The summed E-state index contributed by atoms with van der Waals surface area (Å²) in [6.45, 7) is 5.29. The zero-order valence-electron chi connectivity index (χ0n) is 12.9. The second kappa shape index (κ2) is 6.61. The zero-order valence-corrected chi connectivity index (χ0v) is 12.9. The molecule has 0 amide bonds. The lowest BCUT2D eigenvalue weighted by atomic mass is 10.0. The molecule has 2 heterocycles. The monoisotopic (exact) mass is 287 g/mol. The summed E-state index contributed by atoms with van der Waals surface area (Å²) >= 11 is 0. The summed E-state index contributed by atoms with van der Waals surface area (Å²) in [5, 5.41) is 0. The summed E-state index contributed by atoms with van der Waals surface area (Å²) in [5.74, 6) is 1.22. The SMILES string of the molecule is CC1Cc2cc(C(=O)CCN3CCCCCC3)ccc2O1. The normalized spacial score (nSPS) is 22.4. The lowest BCUT2D eigenvalue weighted by molar-refractivity contribution is 0.0965. The fraction of sp³-hybridized carbons (Fsp3) is 0.611. The van der Waals surface area contributed by atoms with E-state index in [0.29, 0.717) is 6.42 Å². The van der Waals surface area contributed by atoms with Gasteiger partial charge in [0, 0.05) is 24.9 Å². The van der Waals surface area contributed by atoms with Crippen molar-refractivity contribution in [3.05, 3.63) is 29.3 Å². The second-order valence-corrected chi connectivity index (χ2v) is 6.38. The number of rotatable bonds is 4. The molecule has 0 radical (unpaired) electrons. The van der Waals surface area contributed by atoms with Gasteiger partial charge in [0.1, 0.15) is 11.9 Å². The van der Waals surface area contributed by atoms with Gasteiger partial charge in [-0.05, 0) is 56.6 Å². The van der Waals surface area contributed by atoms with Gasteiger partial charge in [0.2, 0.25) is 0 Å². The van der Waals surface area contributed by atoms with E-state index in [1.807, 2.05) is 18.2 Å². The molecule has 2 aliphatic heterocycles. The van der Waals surface area contributed by atoms with Crippen LogP contribution in [0.4, 0.5) is 0 Å². The van der Waals surface area contributed by atoms with Crippen LogP contribution in [0.5, 0.6) is 5.75 Å². The molecule has 0 bridgehead atoms. The first kappa shape index (κ1) is 14.6. The van der Waals surface area contributed by atoms with Gasteiger partial charge in [-0.3, -0.25) is 4.79 Å². The van der Waals surface area contributed by atoms with E-state index in [0.717, 1.165) is 37.4 Å². The number of Topliss-reactive ketones (excluding diaryl/α,β-unsaturated/α-hetero) is 1. The van der Waals surface area contributed by atoms with E-state index in [1.54, 1.807) is 0 Å². The van der Waals surface area contributed by atoms with Crippen LogP contribution in [-0.4, -0.2) is 36.4 Å². The average Bonchev–Trinajstić information content (AvgIpc) is 2.69. The lowest BCUT2D eigenvalue weighted by Crippen LogP contribution is -2.27. The Morgan fingerprint density at radius 2 is 2.00 bits per heavy atom. The van der Waals surface area contributed by atoms with Crippen molar-refractivity contribution in [3.63, 3.8) is 0 Å². The van der Waals surface area contributed by atoms with E-state index in [1.165, 1.54) is 31.2 Å². The Labute approximate surface area is 127 Å². The van der Waals surface area contributed by atoms with Crippen molar-refractivity contribution >= 4 is 5.78 Å². The minimum Gasteiger partial charge on any atom is -0.490 e. The largest absolute Gasteiger partial charge is 0.490 e. The Bertz CT molecular complexity index is 504. The van der Waals surface area contributed by atoms with Gasteiger partial charge in [-0.15, -0.1) is 0 Å². The van der Waals surface area contributed by atoms with Crippen molar-refractivity contribution in [3.8, 4) is 5.75 Å². The maximum absolute atomic E-state index is 12.4. The summed E-state index contributed by atoms with van der Waals surface area (Å²) < 4.78 is 5.69. The van der Waals surface area contributed by atoms with E-state index < -0.39 is 0 Å². The molecule has 3 heteroatoms. The van der Waals surface area contributed by atoms with Gasteiger partial charge in [-0.25, -0.2) is 0 Å². The number of nitrogens with zero attached hydrogens (tertiary/aromatic N) is 1. The van der Waals surface area contributed by atoms with E-state index in [4.69, 9.17) is 4.74 Å². The molecule has 1 aromatic carbocycles. The molecule has 21 heavy (non-hydrogen) atoms. The first-order valence-electron chi connectivity index (χ1n) is 8.27. The predicted octanol–water partition coefficient (Wildman–Crippen LogP) is 3.46. The van der Waals surface area contributed by atoms with Crippen LogP contribution >= 0.6 is 0 Å². The third-order valence-electron chi connectivity index (χ3n) is 4.57. The number of carbonyl (C=O) groups is 1. The summed E-state index contributed by atoms with van der Waals surface area (Å²) in [6.07, 6.45) is 7.03. The molecular formula is C18H25NO2. The van der Waals surface area contributed by atoms with Crippen LogP contribution < -0.4 is 4.74 Å². The van der Waals surface area contributed by atoms with Crippen LogP contribution in [0.15, 0.2) is 18.2 Å². The van der Waals surface area contributed by atoms with Crippen LogP contribution in [0, 0.1) is 0 Å². The molecule has 1 fully saturated rings. The molecule has 3 nitrogen and oxygen atoms in total. The Kier molecular flexibility index (Phi) is 4.59. The number of ketones is 1. The molecule has 3 rings (SSSR count). The molecule has 0 saturated carbocycles. The van der Waals surface area contributed by atoms with Gasteiger partial charge < -0.3 is 9.64 Å². The van der Waals surface area contributed by atoms with Gasteiger partial charge in [0.15, 0.2) is 5.78 Å². The minimum absolute atomic E-state index is 0.238. The van der Waals surface area contributed by atoms with E-state index in [9.17, 15) is 4.79 Å². The highest BCUT2D eigenvalue weighted by atomic mass is 16.5. The van der Waals surface area contributed by atoms with Gasteiger partial charge in [-0.2, -0.15) is 0 Å². The third-order valence-corrected chi connectivity index (χ3v) is 4.57. The topological polar surface area (TPSA) is 29.5 Å². The van der Waals surface area contributed by atoms with Gasteiger partial charge in [-0.1, -0.05) is 12.8 Å². The van der Waals surface area contributed by atoms with E-state index in [2.05, 4.69) is 11.8 Å². The highest BCUT2D eigenvalue weighted by Gasteiger charge is 2.20. The number of fused-ring (bicyclic) bond motifs is 1. The van der Waals surface area contributed by atoms with Gasteiger partial charge in [0.05, 0.1) is 0 Å². The van der Waals surface area contributed by atoms with Gasteiger partial charge in [0.25, 0.3) is 0 Å². The number of ether oxygens (including phenoxy) is 1. The van der Waals surface area contributed by atoms with E-state index >= 15 is 0 Å². The fourth-order valence-corrected chi connectivity index (χ4v) is 3.36. The summed E-state index contributed by atoms with van der Waals surface area (Å²) in [6, 6.07) is 5.91. The Morgan fingerprint density at radius 3 is 2.76 bits per heavy atom. The number of benzene rings is 1. The number of likely N-dealkylation sites (tertiary alicyclic amines) is 1. The Hall–Kier alpha value is -1.35. The van der Waals surface area contributed by atoms with Crippen molar-refractivity contribution in [2.75, 3.05) is 19.6 Å². The highest BCUT2D eigenvalue weighted by molar-refractivity contribution is 5.96. The van der Waals surface area contributed by atoms with Crippen molar-refractivity contribution in [2.45, 2.75) is 51.6 Å². The molecule has 1 atom stereocenters. The molecule has 0 aromatic heterocycles. The minimum atomic E-state index is 0.238. The molecule has 2 aliphatic rings. The quantitative estimate of drug-likeness (QED) is 0.794. The third kappa shape index (κ3) is 3.65. The second-order valence-electron chi connectivity index (χ2n) is 6.38. The lowest BCUT2D eigenvalue weighted by Gasteiger charge is -2.19. The van der Waals surface area contributed by atoms with Gasteiger partial charge >= 0.3 is 0 Å². The predicted molar refractivity (Wildman–Crippen MR) is 84.1 cm³/mol. The summed E-state index contributed by atoms with van der Waals surface area (Å²) in [7, 11) is 0. The average molecular weight is 287 g/mol. The van der Waals surface area contributed by atoms with Crippen molar-refractivity contribution in [2.24, 2.45) is 0 Å². The number of hydrogen-bond acceptors (Lipinski definition) is 3. The first-order valence-corrected chi connectivity index (χ1v) is 8.27. The Morgan fingerprint density at radius 1 is 1.24 bits per heavy atom. The number of carbonyl (C=O) groups excluding carboxylic acids is 1. The van der Waals surface area contributed by atoms with Crippen molar-refractivity contribution in [1.29, 1.82) is 0 Å². The molecule has 0 N–H and O–H groups in total. The highest BCUT2D eigenvalue weighted by Crippen LogP contribution is 2.29. The maximum Gasteiger partial charge on any atom is 0.164 e. The Balaban J connectivity index is 1.57. The smallest absolute Gasteiger partial charge is 0.164 e. The van der Waals surface area contributed by atoms with E-state index in [-0.39, 0.29) is 11.9 Å². The molecular weight excluding hydrogens is 262 g/mol. The van der Waals surface area contributed by atoms with Crippen molar-refractivity contribution < 1.29 is 9.53 Å². The first-order chi connectivity index (χ1) is 10.2. The molecule has 1 aromatic rings. The number of hydrogen-bond donors (Lipinski definition) is 0. The van der Waals surface area contributed by atoms with Crippen LogP contribution in [-0.2, 0) is 6.42 Å². The van der Waals surface area contributed by atoms with Crippen LogP contribution in [0.3, 0.4) is 0 Å². The standard InChI is InChI=1S/C18H25NO2/c1-14-12-16-13-15(6-7-18(16)21-14)17(20)8-11-19-9-4-2-3-5-10-19/h6-7,13-14H,2-5,8-12H2,1H3. The molecule has 0 spiro atoms. The van der Waals surface area contributed by atoms with Crippen LogP contribution in [0.2, 0.25) is 0 Å². The molecule has 114 valence electrons. The maximum atomic E-state index is 12.4. The summed E-state index contributed by atoms with van der Waals surface area (Å²) in [5.41, 5.74) is 2.03. The molecule has 1 unspecified atom stereocenters. The summed E-state index contributed by atoms with van der Waals surface area (Å²) in [4.78, 5) is 14.8.